The third-order valence-electron chi connectivity index (χ3n) is 3.57. The molecular weight excluding hydrogens is 256 g/mol. The molecule has 0 spiro atoms. The molecule has 1 saturated heterocycles. The number of carboxylic acid groups (broad SMARTS) is 1. The Balaban J connectivity index is 1.94. The zero-order chi connectivity index (χ0) is 14.4. The number of hydrogen-bond acceptors (Lipinski definition) is 3. The zero-order valence-electron chi connectivity index (χ0n) is 11.4. The molecule has 1 heterocycles. The van der Waals surface area contributed by atoms with E-state index < -0.39 is 5.97 Å². The number of carbonyl (C=O) groups excluding carboxylic acids is 1. The van der Waals surface area contributed by atoms with Crippen LogP contribution in [0.4, 0.5) is 5.69 Å². The first-order valence-corrected chi connectivity index (χ1v) is 6.95. The maximum Gasteiger partial charge on any atom is 0.307 e. The van der Waals surface area contributed by atoms with Gasteiger partial charge in [-0.05, 0) is 43.5 Å². The number of carboxylic acids is 1. The summed E-state index contributed by atoms with van der Waals surface area (Å²) in [6, 6.07) is 7.05. The predicted octanol–water partition coefficient (Wildman–Crippen LogP) is 1.64. The maximum atomic E-state index is 12.0. The summed E-state index contributed by atoms with van der Waals surface area (Å²) in [7, 11) is 0. The van der Waals surface area contributed by atoms with E-state index in [-0.39, 0.29) is 12.3 Å². The molecule has 2 rings (SSSR count). The highest BCUT2D eigenvalue weighted by molar-refractivity contribution is 5.92. The number of hydrogen-bond donors (Lipinski definition) is 3. The van der Waals surface area contributed by atoms with Gasteiger partial charge < -0.3 is 15.7 Å². The van der Waals surface area contributed by atoms with E-state index in [0.717, 1.165) is 25.9 Å². The summed E-state index contributed by atoms with van der Waals surface area (Å²) in [6.07, 6.45) is 2.46. The van der Waals surface area contributed by atoms with Crippen molar-refractivity contribution in [1.82, 2.24) is 5.32 Å². The van der Waals surface area contributed by atoms with Crippen molar-refractivity contribution in [2.24, 2.45) is 5.92 Å². The topological polar surface area (TPSA) is 78.4 Å². The SMILES string of the molecule is O=C(O)Cc1ccccc1NC(=O)CC1CCNCC1. The number of benzene rings is 1. The number of rotatable bonds is 5. The molecule has 0 bridgehead atoms. The fourth-order valence-electron chi connectivity index (χ4n) is 2.51. The standard InChI is InChI=1S/C15H20N2O3/c18-14(9-11-5-7-16-8-6-11)17-13-4-2-1-3-12(13)10-15(19)20/h1-4,11,16H,5-10H2,(H,17,18)(H,19,20). The monoisotopic (exact) mass is 276 g/mol. The van der Waals surface area contributed by atoms with Gasteiger partial charge in [0.05, 0.1) is 6.42 Å². The van der Waals surface area contributed by atoms with Crippen molar-refractivity contribution in [1.29, 1.82) is 0 Å². The third kappa shape index (κ3) is 4.35. The Hall–Kier alpha value is -1.88. The number of piperidine rings is 1. The first kappa shape index (κ1) is 14.5. The van der Waals surface area contributed by atoms with Crippen LogP contribution in [0.3, 0.4) is 0 Å². The number of para-hydroxylation sites is 1. The summed E-state index contributed by atoms with van der Waals surface area (Å²) in [5, 5.41) is 15.0. The van der Waals surface area contributed by atoms with E-state index in [4.69, 9.17) is 5.11 Å². The maximum absolute atomic E-state index is 12.0. The minimum atomic E-state index is -0.898. The molecular formula is C15H20N2O3. The lowest BCUT2D eigenvalue weighted by Gasteiger charge is -2.22. The van der Waals surface area contributed by atoms with Gasteiger partial charge in [-0.1, -0.05) is 18.2 Å². The van der Waals surface area contributed by atoms with Gasteiger partial charge in [0.25, 0.3) is 0 Å². The van der Waals surface area contributed by atoms with Gasteiger partial charge in [-0.25, -0.2) is 0 Å². The van der Waals surface area contributed by atoms with Crippen LogP contribution in [0.2, 0.25) is 0 Å². The molecule has 1 aromatic rings. The second-order valence-electron chi connectivity index (χ2n) is 5.17. The Labute approximate surface area is 118 Å². The molecule has 1 fully saturated rings. The molecule has 108 valence electrons. The highest BCUT2D eigenvalue weighted by Crippen LogP contribution is 2.19. The highest BCUT2D eigenvalue weighted by Gasteiger charge is 2.17. The molecule has 5 heteroatoms. The van der Waals surface area contributed by atoms with Crippen LogP contribution in [-0.4, -0.2) is 30.1 Å². The van der Waals surface area contributed by atoms with Gasteiger partial charge in [0.15, 0.2) is 0 Å². The molecule has 0 aromatic heterocycles. The van der Waals surface area contributed by atoms with Gasteiger partial charge in [0.1, 0.15) is 0 Å². The third-order valence-corrected chi connectivity index (χ3v) is 3.57. The number of anilines is 1. The first-order chi connectivity index (χ1) is 9.65. The molecule has 5 nitrogen and oxygen atoms in total. The van der Waals surface area contributed by atoms with Crippen LogP contribution in [-0.2, 0) is 16.0 Å². The Morgan fingerprint density at radius 2 is 1.95 bits per heavy atom. The summed E-state index contributed by atoms with van der Waals surface area (Å²) >= 11 is 0. The average Bonchev–Trinajstić information content (AvgIpc) is 2.41. The predicted molar refractivity (Wildman–Crippen MR) is 76.6 cm³/mol. The Bertz CT molecular complexity index is 482. The van der Waals surface area contributed by atoms with Crippen molar-refractivity contribution in [3.05, 3.63) is 29.8 Å². The molecule has 0 atom stereocenters. The highest BCUT2D eigenvalue weighted by atomic mass is 16.4. The van der Waals surface area contributed by atoms with Gasteiger partial charge >= 0.3 is 5.97 Å². The van der Waals surface area contributed by atoms with Crippen LogP contribution in [0, 0.1) is 5.92 Å². The summed E-state index contributed by atoms with van der Waals surface area (Å²) in [5.41, 5.74) is 1.24. The largest absolute Gasteiger partial charge is 0.481 e. The van der Waals surface area contributed by atoms with Crippen LogP contribution < -0.4 is 10.6 Å². The minimum Gasteiger partial charge on any atom is -0.481 e. The van der Waals surface area contributed by atoms with Crippen LogP contribution >= 0.6 is 0 Å². The lowest BCUT2D eigenvalue weighted by Crippen LogP contribution is -2.30. The summed E-state index contributed by atoms with van der Waals surface area (Å²) in [6.45, 7) is 1.93. The fourth-order valence-corrected chi connectivity index (χ4v) is 2.51. The average molecular weight is 276 g/mol. The fraction of sp³-hybridized carbons (Fsp3) is 0.467. The van der Waals surface area contributed by atoms with Crippen molar-refractivity contribution in [2.75, 3.05) is 18.4 Å². The van der Waals surface area contributed by atoms with Crippen LogP contribution in [0.1, 0.15) is 24.8 Å². The minimum absolute atomic E-state index is 0.0326. The molecule has 0 aliphatic carbocycles. The Morgan fingerprint density at radius 3 is 2.65 bits per heavy atom. The van der Waals surface area contributed by atoms with Crippen molar-refractivity contribution in [2.45, 2.75) is 25.7 Å². The van der Waals surface area contributed by atoms with E-state index in [9.17, 15) is 9.59 Å². The van der Waals surface area contributed by atoms with Gasteiger partial charge in [0, 0.05) is 12.1 Å². The van der Waals surface area contributed by atoms with Crippen LogP contribution in [0.25, 0.3) is 0 Å². The molecule has 1 aliphatic rings. The van der Waals surface area contributed by atoms with Crippen molar-refractivity contribution >= 4 is 17.6 Å². The molecule has 1 amide bonds. The molecule has 0 saturated carbocycles. The van der Waals surface area contributed by atoms with Crippen molar-refractivity contribution in [3.63, 3.8) is 0 Å². The Kier molecular flexibility index (Phi) is 5.12. The number of aliphatic carboxylic acids is 1. The molecule has 20 heavy (non-hydrogen) atoms. The summed E-state index contributed by atoms with van der Waals surface area (Å²) in [4.78, 5) is 22.8. The number of nitrogens with one attached hydrogen (secondary N) is 2. The molecule has 1 aromatic carbocycles. The quantitative estimate of drug-likeness (QED) is 0.764. The van der Waals surface area contributed by atoms with Gasteiger partial charge in [-0.3, -0.25) is 9.59 Å². The zero-order valence-corrected chi connectivity index (χ0v) is 11.4. The van der Waals surface area contributed by atoms with E-state index in [0.29, 0.717) is 23.6 Å². The molecule has 1 aliphatic heterocycles. The second kappa shape index (κ2) is 7.05. The van der Waals surface area contributed by atoms with Gasteiger partial charge in [-0.2, -0.15) is 0 Å². The number of carbonyl (C=O) groups is 2. The summed E-state index contributed by atoms with van der Waals surface area (Å²) in [5.74, 6) is -0.511. The van der Waals surface area contributed by atoms with Crippen molar-refractivity contribution in [3.8, 4) is 0 Å². The first-order valence-electron chi connectivity index (χ1n) is 6.95. The van der Waals surface area contributed by atoms with Gasteiger partial charge in [-0.15, -0.1) is 0 Å². The van der Waals surface area contributed by atoms with E-state index >= 15 is 0 Å². The van der Waals surface area contributed by atoms with Gasteiger partial charge in [0.2, 0.25) is 5.91 Å². The van der Waals surface area contributed by atoms with Crippen molar-refractivity contribution < 1.29 is 14.7 Å². The van der Waals surface area contributed by atoms with E-state index in [1.165, 1.54) is 0 Å². The van der Waals surface area contributed by atoms with E-state index in [1.807, 2.05) is 0 Å². The van der Waals surface area contributed by atoms with E-state index in [2.05, 4.69) is 10.6 Å². The lowest BCUT2D eigenvalue weighted by molar-refractivity contribution is -0.136. The molecule has 0 radical (unpaired) electrons. The summed E-state index contributed by atoms with van der Waals surface area (Å²) < 4.78 is 0. The number of amides is 1. The van der Waals surface area contributed by atoms with Crippen LogP contribution in [0.15, 0.2) is 24.3 Å². The smallest absolute Gasteiger partial charge is 0.307 e. The molecule has 0 unspecified atom stereocenters. The normalized spacial score (nSPS) is 15.8. The second-order valence-corrected chi connectivity index (χ2v) is 5.17. The van der Waals surface area contributed by atoms with E-state index in [1.54, 1.807) is 24.3 Å². The lowest BCUT2D eigenvalue weighted by atomic mass is 9.94. The molecule has 3 N–H and O–H groups in total. The Morgan fingerprint density at radius 1 is 1.25 bits per heavy atom. The van der Waals surface area contributed by atoms with Crippen LogP contribution in [0.5, 0.6) is 0 Å².